The molecular weight excluding hydrogens is 448 g/mol. The number of aliphatic imine (C=N–C) groups is 1. The molecule has 2 aromatic rings. The monoisotopic (exact) mass is 462 g/mol. The number of hydrogen-bond acceptors (Lipinski definition) is 6. The summed E-state index contributed by atoms with van der Waals surface area (Å²) in [6.07, 6.45) is 1.69. The number of thioether (sulfide) groups is 1. The third-order valence-corrected chi connectivity index (χ3v) is 5.67. The lowest BCUT2D eigenvalue weighted by molar-refractivity contribution is -0.121. The second kappa shape index (κ2) is 8.07. The molecule has 3 rings (SSSR count). The number of amides is 1. The Morgan fingerprint density at radius 3 is 2.57 bits per heavy atom. The maximum Gasteiger partial charge on any atom is 0.335 e. The van der Waals surface area contributed by atoms with Crippen LogP contribution >= 0.6 is 27.7 Å². The third-order valence-electron chi connectivity index (χ3n) is 3.93. The van der Waals surface area contributed by atoms with E-state index in [4.69, 9.17) is 9.84 Å². The highest BCUT2D eigenvalue weighted by atomic mass is 79.9. The fourth-order valence-corrected chi connectivity index (χ4v) is 3.84. The number of ether oxygens (including phenoxy) is 1. The number of nitrogens with zero attached hydrogens (tertiary/aromatic N) is 2. The lowest BCUT2D eigenvalue weighted by Crippen LogP contribution is -2.23. The van der Waals surface area contributed by atoms with Gasteiger partial charge in [-0.25, -0.2) is 9.79 Å². The van der Waals surface area contributed by atoms with Gasteiger partial charge in [0.25, 0.3) is 5.91 Å². The van der Waals surface area contributed by atoms with Crippen LogP contribution in [0.2, 0.25) is 0 Å². The molecule has 0 atom stereocenters. The van der Waals surface area contributed by atoms with Crippen molar-refractivity contribution in [2.45, 2.75) is 0 Å². The summed E-state index contributed by atoms with van der Waals surface area (Å²) in [7, 11) is 3.07. The molecule has 144 valence electrons. The van der Waals surface area contributed by atoms with Crippen LogP contribution < -0.4 is 4.74 Å². The molecule has 1 aliphatic rings. The van der Waals surface area contributed by atoms with Crippen LogP contribution in [0.5, 0.6) is 11.5 Å². The fraction of sp³-hybridized carbons (Fsp3) is 0.105. The van der Waals surface area contributed by atoms with Crippen LogP contribution in [0.4, 0.5) is 5.69 Å². The normalized spacial score (nSPS) is 16.8. The maximum absolute atomic E-state index is 12.6. The van der Waals surface area contributed by atoms with E-state index in [1.165, 1.54) is 42.0 Å². The lowest BCUT2D eigenvalue weighted by atomic mass is 10.2. The summed E-state index contributed by atoms with van der Waals surface area (Å²) >= 11 is 4.57. The van der Waals surface area contributed by atoms with Gasteiger partial charge >= 0.3 is 5.97 Å². The summed E-state index contributed by atoms with van der Waals surface area (Å²) in [5.74, 6) is -0.941. The molecule has 1 amide bonds. The van der Waals surface area contributed by atoms with E-state index >= 15 is 0 Å². The van der Waals surface area contributed by atoms with Gasteiger partial charge in [-0.15, -0.1) is 0 Å². The number of phenolic OH excluding ortho intramolecular Hbond substituents is 1. The SMILES string of the molecule is COc1cc(/C=C2\SC(=Nc3ccc(C(=O)O)cc3)N(C)C2=O)c(Br)cc1O. The van der Waals surface area contributed by atoms with Crippen LogP contribution in [0.1, 0.15) is 15.9 Å². The summed E-state index contributed by atoms with van der Waals surface area (Å²) in [5.41, 5.74) is 1.38. The Morgan fingerprint density at radius 1 is 1.29 bits per heavy atom. The molecule has 9 heteroatoms. The number of aromatic carboxylic acids is 1. The zero-order valence-corrected chi connectivity index (χ0v) is 17.2. The summed E-state index contributed by atoms with van der Waals surface area (Å²) in [5, 5.41) is 19.3. The Labute approximate surface area is 173 Å². The van der Waals surface area contributed by atoms with Crippen LogP contribution in [-0.4, -0.2) is 46.3 Å². The van der Waals surface area contributed by atoms with Crippen molar-refractivity contribution in [2.75, 3.05) is 14.2 Å². The zero-order chi connectivity index (χ0) is 20.4. The Morgan fingerprint density at radius 2 is 1.96 bits per heavy atom. The summed E-state index contributed by atoms with van der Waals surface area (Å²) in [6, 6.07) is 9.20. The fourth-order valence-electron chi connectivity index (χ4n) is 2.41. The molecule has 0 radical (unpaired) electrons. The van der Waals surface area contributed by atoms with Crippen molar-refractivity contribution in [2.24, 2.45) is 4.99 Å². The molecule has 0 aliphatic carbocycles. The summed E-state index contributed by atoms with van der Waals surface area (Å²) in [6.45, 7) is 0. The molecule has 7 nitrogen and oxygen atoms in total. The highest BCUT2D eigenvalue weighted by Gasteiger charge is 2.30. The summed E-state index contributed by atoms with van der Waals surface area (Å²) < 4.78 is 5.73. The predicted octanol–water partition coefficient (Wildman–Crippen LogP) is 4.10. The van der Waals surface area contributed by atoms with Crippen molar-refractivity contribution in [3.63, 3.8) is 0 Å². The van der Waals surface area contributed by atoms with Crippen molar-refractivity contribution in [3.05, 3.63) is 56.9 Å². The molecule has 0 aromatic heterocycles. The van der Waals surface area contributed by atoms with Crippen molar-refractivity contribution in [1.82, 2.24) is 4.90 Å². The number of amidine groups is 1. The molecule has 2 aromatic carbocycles. The zero-order valence-electron chi connectivity index (χ0n) is 14.8. The number of carbonyl (C=O) groups excluding carboxylic acids is 1. The first-order chi connectivity index (χ1) is 13.3. The average molecular weight is 463 g/mol. The molecule has 1 saturated heterocycles. The Balaban J connectivity index is 1.91. The molecule has 1 heterocycles. The number of carboxylic acids is 1. The van der Waals surface area contributed by atoms with Gasteiger partial charge in [-0.05, 0) is 59.8 Å². The van der Waals surface area contributed by atoms with Crippen molar-refractivity contribution in [1.29, 1.82) is 0 Å². The highest BCUT2D eigenvalue weighted by molar-refractivity contribution is 9.10. The molecule has 0 unspecified atom stereocenters. The number of halogens is 1. The van der Waals surface area contributed by atoms with Crippen LogP contribution in [0.15, 0.2) is 50.8 Å². The predicted molar refractivity (Wildman–Crippen MR) is 111 cm³/mol. The molecule has 2 N–H and O–H groups in total. The topological polar surface area (TPSA) is 99.4 Å². The molecule has 1 fully saturated rings. The Bertz CT molecular complexity index is 1020. The average Bonchev–Trinajstić information content (AvgIpc) is 2.92. The van der Waals surface area contributed by atoms with Crippen LogP contribution in [0.25, 0.3) is 6.08 Å². The van der Waals surface area contributed by atoms with E-state index in [0.717, 1.165) is 0 Å². The third kappa shape index (κ3) is 4.05. The minimum absolute atomic E-state index is 0.00824. The van der Waals surface area contributed by atoms with E-state index < -0.39 is 5.97 Å². The van der Waals surface area contributed by atoms with Gasteiger partial charge in [-0.3, -0.25) is 9.69 Å². The Kier molecular flexibility index (Phi) is 5.76. The van der Waals surface area contributed by atoms with Crippen LogP contribution in [0.3, 0.4) is 0 Å². The molecule has 28 heavy (non-hydrogen) atoms. The largest absolute Gasteiger partial charge is 0.504 e. The number of aromatic hydroxyl groups is 1. The number of carboxylic acid groups (broad SMARTS) is 1. The molecule has 1 aliphatic heterocycles. The first kappa shape index (κ1) is 20.0. The summed E-state index contributed by atoms with van der Waals surface area (Å²) in [4.78, 5) is 29.8. The quantitative estimate of drug-likeness (QED) is 0.663. The lowest BCUT2D eigenvalue weighted by Gasteiger charge is -2.07. The first-order valence-electron chi connectivity index (χ1n) is 7.96. The van der Waals surface area contributed by atoms with Gasteiger partial charge in [-0.2, -0.15) is 0 Å². The van der Waals surface area contributed by atoms with Gasteiger partial charge in [0, 0.05) is 11.5 Å². The highest BCUT2D eigenvalue weighted by Crippen LogP contribution is 2.37. The smallest absolute Gasteiger partial charge is 0.335 e. The minimum Gasteiger partial charge on any atom is -0.504 e. The molecule has 0 spiro atoms. The van der Waals surface area contributed by atoms with Crippen molar-refractivity contribution < 1.29 is 24.5 Å². The standard InChI is InChI=1S/C19H15BrN2O5S/c1-22-17(24)16(8-11-7-15(27-2)14(23)9-13(11)20)28-19(22)21-12-5-3-10(4-6-12)18(25)26/h3-9,23H,1-2H3,(H,25,26)/b16-8-,21-19?. The number of rotatable bonds is 4. The van der Waals surface area contributed by atoms with Crippen molar-refractivity contribution in [3.8, 4) is 11.5 Å². The number of benzene rings is 2. The van der Waals surface area contributed by atoms with Gasteiger partial charge in [0.15, 0.2) is 16.7 Å². The van der Waals surface area contributed by atoms with Gasteiger partial charge < -0.3 is 14.9 Å². The first-order valence-corrected chi connectivity index (χ1v) is 9.57. The number of phenols is 1. The molecule has 0 bridgehead atoms. The van der Waals surface area contributed by atoms with E-state index in [-0.39, 0.29) is 17.2 Å². The van der Waals surface area contributed by atoms with Crippen molar-refractivity contribution >= 4 is 56.5 Å². The van der Waals surface area contributed by atoms with Gasteiger partial charge in [0.1, 0.15) is 0 Å². The number of likely N-dealkylation sites (N-methyl/N-ethyl adjacent to an activating group) is 1. The van der Waals surface area contributed by atoms with E-state index in [1.807, 2.05) is 0 Å². The Hall–Kier alpha value is -2.78. The second-order valence-corrected chi connectivity index (χ2v) is 7.63. The maximum atomic E-state index is 12.6. The van der Waals surface area contributed by atoms with E-state index in [1.54, 1.807) is 31.3 Å². The number of carbonyl (C=O) groups is 2. The molecular formula is C19H15BrN2O5S. The van der Waals surface area contributed by atoms with Crippen LogP contribution in [0, 0.1) is 0 Å². The number of hydrogen-bond donors (Lipinski definition) is 2. The minimum atomic E-state index is -1.01. The van der Waals surface area contributed by atoms with Gasteiger partial charge in [0.2, 0.25) is 0 Å². The number of methoxy groups -OCH3 is 1. The molecule has 0 saturated carbocycles. The van der Waals surface area contributed by atoms with Crippen LogP contribution in [-0.2, 0) is 4.79 Å². The van der Waals surface area contributed by atoms with E-state index in [9.17, 15) is 14.7 Å². The van der Waals surface area contributed by atoms with E-state index in [2.05, 4.69) is 20.9 Å². The van der Waals surface area contributed by atoms with Gasteiger partial charge in [0.05, 0.1) is 23.3 Å². The van der Waals surface area contributed by atoms with E-state index in [0.29, 0.717) is 31.5 Å². The second-order valence-electron chi connectivity index (χ2n) is 5.77. The van der Waals surface area contributed by atoms with Gasteiger partial charge in [-0.1, -0.05) is 15.9 Å².